The Balaban J connectivity index is 1.49. The first-order valence-electron chi connectivity index (χ1n) is 10.1. The summed E-state index contributed by atoms with van der Waals surface area (Å²) >= 11 is 6.09. The fourth-order valence-corrected chi connectivity index (χ4v) is 4.30. The molecular weight excluding hydrogens is 398 g/mol. The van der Waals surface area contributed by atoms with Gasteiger partial charge in [-0.3, -0.25) is 4.79 Å². The van der Waals surface area contributed by atoms with Crippen LogP contribution in [0.4, 0.5) is 0 Å². The van der Waals surface area contributed by atoms with Gasteiger partial charge in [-0.25, -0.2) is 0 Å². The van der Waals surface area contributed by atoms with E-state index in [1.54, 1.807) is 12.1 Å². The molecule has 0 radical (unpaired) electrons. The molecule has 1 atom stereocenters. The van der Waals surface area contributed by atoms with E-state index in [0.29, 0.717) is 28.8 Å². The second-order valence-electron chi connectivity index (χ2n) is 7.50. The summed E-state index contributed by atoms with van der Waals surface area (Å²) in [6.45, 7) is 0.668. The van der Waals surface area contributed by atoms with E-state index in [4.69, 9.17) is 16.1 Å². The van der Waals surface area contributed by atoms with Crippen LogP contribution in [0.1, 0.15) is 41.6 Å². The molecule has 0 aliphatic carbocycles. The highest BCUT2D eigenvalue weighted by Gasteiger charge is 2.33. The van der Waals surface area contributed by atoms with Gasteiger partial charge in [0.1, 0.15) is 6.04 Å². The average molecular weight is 418 g/mol. The fraction of sp³-hybridized carbons (Fsp3) is 0.208. The van der Waals surface area contributed by atoms with Crippen LogP contribution in [-0.2, 0) is 0 Å². The molecule has 1 unspecified atom stereocenters. The van der Waals surface area contributed by atoms with E-state index in [1.165, 1.54) is 0 Å². The molecule has 5 nitrogen and oxygen atoms in total. The number of benzene rings is 3. The van der Waals surface area contributed by atoms with Crippen molar-refractivity contribution in [3.63, 3.8) is 0 Å². The molecule has 150 valence electrons. The van der Waals surface area contributed by atoms with Crippen LogP contribution in [0.5, 0.6) is 0 Å². The molecule has 1 fully saturated rings. The Labute approximate surface area is 179 Å². The molecule has 4 aromatic rings. The molecule has 1 aliphatic rings. The van der Waals surface area contributed by atoms with Gasteiger partial charge in [0.25, 0.3) is 5.91 Å². The predicted octanol–water partition coefficient (Wildman–Crippen LogP) is 5.91. The molecule has 0 saturated carbocycles. The molecule has 1 saturated heterocycles. The third-order valence-corrected chi connectivity index (χ3v) is 5.83. The highest BCUT2D eigenvalue weighted by Crippen LogP contribution is 2.33. The minimum absolute atomic E-state index is 0.000921. The summed E-state index contributed by atoms with van der Waals surface area (Å²) in [5.41, 5.74) is 1.50. The normalized spacial score (nSPS) is 16.7. The van der Waals surface area contributed by atoms with E-state index in [9.17, 15) is 4.79 Å². The highest BCUT2D eigenvalue weighted by molar-refractivity contribution is 6.30. The lowest BCUT2D eigenvalue weighted by molar-refractivity contribution is 0.0563. The maximum absolute atomic E-state index is 13.5. The largest absolute Gasteiger partial charge is 0.337 e. The molecule has 0 spiro atoms. The van der Waals surface area contributed by atoms with E-state index in [-0.39, 0.29) is 11.9 Å². The van der Waals surface area contributed by atoms with Gasteiger partial charge in [-0.2, -0.15) is 4.98 Å². The molecule has 1 aliphatic heterocycles. The number of carbonyl (C=O) groups excluding carboxylic acids is 1. The number of aromatic nitrogens is 2. The van der Waals surface area contributed by atoms with Gasteiger partial charge >= 0.3 is 0 Å². The number of hydrogen-bond donors (Lipinski definition) is 0. The van der Waals surface area contributed by atoms with Gasteiger partial charge in [0.2, 0.25) is 11.7 Å². The van der Waals surface area contributed by atoms with Gasteiger partial charge in [0, 0.05) is 22.7 Å². The summed E-state index contributed by atoms with van der Waals surface area (Å²) in [5, 5.41) is 6.76. The SMILES string of the molecule is O=C(c1cccc2ccccc12)N1CCCCC1c1nc(-c2cccc(Cl)c2)no1. The lowest BCUT2D eigenvalue weighted by atomic mass is 9.98. The second-order valence-corrected chi connectivity index (χ2v) is 7.94. The number of amides is 1. The van der Waals surface area contributed by atoms with Crippen molar-refractivity contribution >= 4 is 28.3 Å². The number of fused-ring (bicyclic) bond motifs is 1. The summed E-state index contributed by atoms with van der Waals surface area (Å²) in [5.74, 6) is 0.952. The minimum atomic E-state index is -0.231. The van der Waals surface area contributed by atoms with Crippen molar-refractivity contribution < 1.29 is 9.32 Å². The number of piperidine rings is 1. The molecule has 6 heteroatoms. The Bertz CT molecular complexity index is 1210. The van der Waals surface area contributed by atoms with Gasteiger partial charge in [-0.05, 0) is 48.2 Å². The van der Waals surface area contributed by atoms with Gasteiger partial charge in [0.15, 0.2) is 0 Å². The van der Waals surface area contributed by atoms with Gasteiger partial charge < -0.3 is 9.42 Å². The van der Waals surface area contributed by atoms with Gasteiger partial charge in [-0.15, -0.1) is 0 Å². The van der Waals surface area contributed by atoms with E-state index in [0.717, 1.165) is 35.6 Å². The molecule has 1 aromatic heterocycles. The topological polar surface area (TPSA) is 59.2 Å². The smallest absolute Gasteiger partial charge is 0.255 e. The van der Waals surface area contributed by atoms with Crippen LogP contribution in [0, 0.1) is 0 Å². The average Bonchev–Trinajstić information content (AvgIpc) is 3.28. The van der Waals surface area contributed by atoms with Crippen molar-refractivity contribution in [3.05, 3.63) is 83.2 Å². The maximum atomic E-state index is 13.5. The van der Waals surface area contributed by atoms with Crippen LogP contribution in [-0.4, -0.2) is 27.5 Å². The van der Waals surface area contributed by atoms with Crippen LogP contribution >= 0.6 is 11.6 Å². The van der Waals surface area contributed by atoms with Crippen LogP contribution in [0.25, 0.3) is 22.2 Å². The van der Waals surface area contributed by atoms with Gasteiger partial charge in [0.05, 0.1) is 0 Å². The second kappa shape index (κ2) is 7.92. The lowest BCUT2D eigenvalue weighted by Gasteiger charge is -2.33. The van der Waals surface area contributed by atoms with Crippen molar-refractivity contribution in [2.45, 2.75) is 25.3 Å². The number of rotatable bonds is 3. The molecule has 0 N–H and O–H groups in total. The lowest BCUT2D eigenvalue weighted by Crippen LogP contribution is -2.38. The van der Waals surface area contributed by atoms with Crippen molar-refractivity contribution in [1.29, 1.82) is 0 Å². The zero-order valence-electron chi connectivity index (χ0n) is 16.3. The Morgan fingerprint density at radius 1 is 1.03 bits per heavy atom. The van der Waals surface area contributed by atoms with Crippen LogP contribution in [0.3, 0.4) is 0 Å². The van der Waals surface area contributed by atoms with Crippen molar-refractivity contribution in [2.24, 2.45) is 0 Å². The van der Waals surface area contributed by atoms with Crippen LogP contribution in [0.15, 0.2) is 71.3 Å². The number of halogens is 1. The molecule has 5 rings (SSSR count). The third-order valence-electron chi connectivity index (χ3n) is 5.59. The number of likely N-dealkylation sites (tertiary alicyclic amines) is 1. The summed E-state index contributed by atoms with van der Waals surface area (Å²) in [6.07, 6.45) is 2.77. The Morgan fingerprint density at radius 3 is 2.77 bits per heavy atom. The Morgan fingerprint density at radius 2 is 1.87 bits per heavy atom. The third kappa shape index (κ3) is 3.46. The van der Waals surface area contributed by atoms with E-state index >= 15 is 0 Å². The monoisotopic (exact) mass is 417 g/mol. The molecule has 30 heavy (non-hydrogen) atoms. The van der Waals surface area contributed by atoms with E-state index in [1.807, 2.05) is 59.5 Å². The van der Waals surface area contributed by atoms with Crippen molar-refractivity contribution in [2.75, 3.05) is 6.54 Å². The summed E-state index contributed by atoms with van der Waals surface area (Å²) in [6, 6.07) is 20.9. The fourth-order valence-electron chi connectivity index (χ4n) is 4.11. The van der Waals surface area contributed by atoms with Crippen LogP contribution < -0.4 is 0 Å². The first kappa shape index (κ1) is 18.8. The summed E-state index contributed by atoms with van der Waals surface area (Å²) in [7, 11) is 0. The summed E-state index contributed by atoms with van der Waals surface area (Å²) in [4.78, 5) is 20.0. The number of carbonyl (C=O) groups is 1. The molecule has 1 amide bonds. The maximum Gasteiger partial charge on any atom is 0.255 e. The van der Waals surface area contributed by atoms with Crippen molar-refractivity contribution in [3.8, 4) is 11.4 Å². The molecule has 0 bridgehead atoms. The van der Waals surface area contributed by atoms with Crippen LogP contribution in [0.2, 0.25) is 5.02 Å². The van der Waals surface area contributed by atoms with Crippen molar-refractivity contribution in [1.82, 2.24) is 15.0 Å². The number of nitrogens with zero attached hydrogens (tertiary/aromatic N) is 3. The molecule has 3 aromatic carbocycles. The van der Waals surface area contributed by atoms with E-state index in [2.05, 4.69) is 10.1 Å². The zero-order chi connectivity index (χ0) is 20.5. The van der Waals surface area contributed by atoms with Gasteiger partial charge in [-0.1, -0.05) is 65.3 Å². The molecular formula is C24H20ClN3O2. The zero-order valence-corrected chi connectivity index (χ0v) is 17.0. The van der Waals surface area contributed by atoms with E-state index < -0.39 is 0 Å². The highest BCUT2D eigenvalue weighted by atomic mass is 35.5. The number of hydrogen-bond acceptors (Lipinski definition) is 4. The minimum Gasteiger partial charge on any atom is -0.337 e. The Hall–Kier alpha value is -3.18. The first-order valence-corrected chi connectivity index (χ1v) is 10.5. The summed E-state index contributed by atoms with van der Waals surface area (Å²) < 4.78 is 5.60. The Kier molecular flexibility index (Phi) is 4.97. The quantitative estimate of drug-likeness (QED) is 0.415. The standard InChI is InChI=1S/C24H20ClN3O2/c25-18-10-5-9-17(15-18)22-26-23(30-27-22)21-13-3-4-14-28(21)24(29)20-12-6-8-16-7-1-2-11-19(16)20/h1-2,5-12,15,21H,3-4,13-14H2. The first-order chi connectivity index (χ1) is 14.7. The predicted molar refractivity (Wildman–Crippen MR) is 116 cm³/mol. The molecule has 2 heterocycles.